The molecule has 2 aromatic carbocycles. The van der Waals surface area contributed by atoms with Gasteiger partial charge in [-0.25, -0.2) is 17.8 Å². The molecule has 1 aromatic heterocycles. The van der Waals surface area contributed by atoms with Gasteiger partial charge in [-0.15, -0.1) is 0 Å². The molecule has 0 aliphatic heterocycles. The fourth-order valence-corrected chi connectivity index (χ4v) is 3.52. The second-order valence-corrected chi connectivity index (χ2v) is 7.84. The maximum atomic E-state index is 12.9. The molecule has 0 aliphatic rings. The molecule has 2 N–H and O–H groups in total. The molecule has 140 valence electrons. The topological polar surface area (TPSA) is 71.1 Å². The third-order valence-electron chi connectivity index (χ3n) is 3.98. The Balaban J connectivity index is 1.56. The lowest BCUT2D eigenvalue weighted by atomic mass is 10.1. The highest BCUT2D eigenvalue weighted by Crippen LogP contribution is 2.17. The van der Waals surface area contributed by atoms with Gasteiger partial charge in [-0.05, 0) is 55.3 Å². The first-order chi connectivity index (χ1) is 12.9. The summed E-state index contributed by atoms with van der Waals surface area (Å²) in [4.78, 5) is 4.42. The van der Waals surface area contributed by atoms with Crippen LogP contribution >= 0.6 is 0 Å². The van der Waals surface area contributed by atoms with Crippen LogP contribution in [0.15, 0.2) is 71.8 Å². The molecule has 0 bridgehead atoms. The fourth-order valence-electron chi connectivity index (χ4n) is 2.48. The number of anilines is 2. The molecule has 27 heavy (non-hydrogen) atoms. The summed E-state index contributed by atoms with van der Waals surface area (Å²) in [6.45, 7) is 2.53. The maximum Gasteiger partial charge on any atom is 0.261 e. The van der Waals surface area contributed by atoms with Crippen LogP contribution in [0.2, 0.25) is 0 Å². The van der Waals surface area contributed by atoms with E-state index in [4.69, 9.17) is 0 Å². The van der Waals surface area contributed by atoms with Crippen molar-refractivity contribution in [3.8, 4) is 0 Å². The Bertz CT molecular complexity index is 987. The second kappa shape index (κ2) is 8.18. The van der Waals surface area contributed by atoms with Gasteiger partial charge in [0.2, 0.25) is 0 Å². The van der Waals surface area contributed by atoms with Gasteiger partial charge in [-0.3, -0.25) is 4.72 Å². The molecule has 1 heterocycles. The van der Waals surface area contributed by atoms with Crippen molar-refractivity contribution in [3.63, 3.8) is 0 Å². The number of sulfonamides is 1. The van der Waals surface area contributed by atoms with E-state index in [2.05, 4.69) is 15.0 Å². The van der Waals surface area contributed by atoms with E-state index in [-0.39, 0.29) is 10.7 Å². The highest BCUT2D eigenvalue weighted by Gasteiger charge is 2.13. The van der Waals surface area contributed by atoms with Crippen molar-refractivity contribution in [3.05, 3.63) is 83.8 Å². The summed E-state index contributed by atoms with van der Waals surface area (Å²) in [5, 5.41) is 3.15. The summed E-state index contributed by atoms with van der Waals surface area (Å²) >= 11 is 0. The number of halogens is 1. The molecular weight excluding hydrogens is 365 g/mol. The molecular formula is C20H20FN3O2S. The van der Waals surface area contributed by atoms with E-state index in [0.29, 0.717) is 18.1 Å². The lowest BCUT2D eigenvalue weighted by Gasteiger charge is -2.10. The zero-order valence-electron chi connectivity index (χ0n) is 14.8. The van der Waals surface area contributed by atoms with Gasteiger partial charge in [0.1, 0.15) is 11.6 Å². The van der Waals surface area contributed by atoms with Crippen LogP contribution in [0.25, 0.3) is 0 Å². The minimum Gasteiger partial charge on any atom is -0.370 e. The predicted octanol–water partition coefficient (Wildman–Crippen LogP) is 3.98. The van der Waals surface area contributed by atoms with Gasteiger partial charge in [0.05, 0.1) is 16.8 Å². The van der Waals surface area contributed by atoms with Gasteiger partial charge in [0, 0.05) is 6.54 Å². The van der Waals surface area contributed by atoms with Gasteiger partial charge in [0.15, 0.2) is 0 Å². The lowest BCUT2D eigenvalue weighted by molar-refractivity contribution is 0.601. The number of nitrogens with zero attached hydrogens (tertiary/aromatic N) is 1. The van der Waals surface area contributed by atoms with Gasteiger partial charge in [0.25, 0.3) is 10.0 Å². The summed E-state index contributed by atoms with van der Waals surface area (Å²) < 4.78 is 40.1. The molecule has 3 aromatic rings. The first kappa shape index (κ1) is 18.8. The first-order valence-corrected chi connectivity index (χ1v) is 9.94. The maximum absolute atomic E-state index is 12.9. The van der Waals surface area contributed by atoms with Crippen LogP contribution in [0.1, 0.15) is 11.1 Å². The number of aryl methyl sites for hydroxylation is 1. The minimum absolute atomic E-state index is 0.203. The molecule has 0 fully saturated rings. The van der Waals surface area contributed by atoms with Crippen molar-refractivity contribution >= 4 is 21.5 Å². The lowest BCUT2D eigenvalue weighted by Crippen LogP contribution is -2.13. The smallest absolute Gasteiger partial charge is 0.261 e. The van der Waals surface area contributed by atoms with Gasteiger partial charge in [-0.2, -0.15) is 0 Å². The van der Waals surface area contributed by atoms with Gasteiger partial charge >= 0.3 is 0 Å². The number of hydrogen-bond acceptors (Lipinski definition) is 4. The number of aromatic nitrogens is 1. The second-order valence-electron chi connectivity index (χ2n) is 6.15. The summed E-state index contributed by atoms with van der Waals surface area (Å²) in [7, 11) is -3.64. The molecule has 0 aliphatic carbocycles. The average molecular weight is 385 g/mol. The van der Waals surface area contributed by atoms with E-state index < -0.39 is 10.0 Å². The molecule has 0 atom stereocenters. The third kappa shape index (κ3) is 5.27. The van der Waals surface area contributed by atoms with E-state index in [9.17, 15) is 12.8 Å². The number of nitrogens with one attached hydrogen (secondary N) is 2. The summed E-state index contributed by atoms with van der Waals surface area (Å²) in [5.41, 5.74) is 2.40. The van der Waals surface area contributed by atoms with Crippen molar-refractivity contribution in [1.82, 2.24) is 4.98 Å². The fraction of sp³-hybridized carbons (Fsp3) is 0.150. The van der Waals surface area contributed by atoms with Crippen molar-refractivity contribution < 1.29 is 12.8 Å². The van der Waals surface area contributed by atoms with Crippen LogP contribution < -0.4 is 10.0 Å². The summed E-state index contributed by atoms with van der Waals surface area (Å²) in [6, 6.07) is 16.3. The average Bonchev–Trinajstić information content (AvgIpc) is 2.65. The van der Waals surface area contributed by atoms with E-state index in [1.165, 1.54) is 18.3 Å². The van der Waals surface area contributed by atoms with E-state index in [0.717, 1.165) is 17.5 Å². The Labute approximate surface area is 158 Å². The standard InChI is InChI=1S/C20H20FN3O2S/c1-15-2-9-19(10-3-15)27(25,26)24-18-8-11-20(23-14-18)22-13-12-16-4-6-17(21)7-5-16/h2-11,14,24H,12-13H2,1H3,(H,22,23). The number of hydrogen-bond donors (Lipinski definition) is 2. The highest BCUT2D eigenvalue weighted by atomic mass is 32.2. The van der Waals surface area contributed by atoms with E-state index >= 15 is 0 Å². The number of benzene rings is 2. The Morgan fingerprint density at radius 1 is 0.963 bits per heavy atom. The van der Waals surface area contributed by atoms with Crippen LogP contribution in [0.3, 0.4) is 0 Å². The molecule has 0 radical (unpaired) electrons. The van der Waals surface area contributed by atoms with Crippen molar-refractivity contribution in [2.24, 2.45) is 0 Å². The van der Waals surface area contributed by atoms with Crippen molar-refractivity contribution in [1.29, 1.82) is 0 Å². The molecule has 7 heteroatoms. The molecule has 0 saturated carbocycles. The van der Waals surface area contributed by atoms with Crippen molar-refractivity contribution in [2.45, 2.75) is 18.2 Å². The predicted molar refractivity (Wildman–Crippen MR) is 105 cm³/mol. The van der Waals surface area contributed by atoms with Crippen LogP contribution in [-0.4, -0.2) is 19.9 Å². The minimum atomic E-state index is -3.64. The van der Waals surface area contributed by atoms with Crippen LogP contribution in [-0.2, 0) is 16.4 Å². The normalized spacial score (nSPS) is 11.2. The van der Waals surface area contributed by atoms with Crippen LogP contribution in [0.4, 0.5) is 15.9 Å². The monoisotopic (exact) mass is 385 g/mol. The Kier molecular flexibility index (Phi) is 5.71. The molecule has 0 spiro atoms. The highest BCUT2D eigenvalue weighted by molar-refractivity contribution is 7.92. The zero-order valence-corrected chi connectivity index (χ0v) is 15.6. The number of pyridine rings is 1. The van der Waals surface area contributed by atoms with Crippen LogP contribution in [0, 0.1) is 12.7 Å². The first-order valence-electron chi connectivity index (χ1n) is 8.46. The zero-order chi connectivity index (χ0) is 19.3. The summed E-state index contributed by atoms with van der Waals surface area (Å²) in [6.07, 6.45) is 2.19. The summed E-state index contributed by atoms with van der Waals surface area (Å²) in [5.74, 6) is 0.382. The Morgan fingerprint density at radius 3 is 2.30 bits per heavy atom. The molecule has 0 unspecified atom stereocenters. The number of rotatable bonds is 7. The Morgan fingerprint density at radius 2 is 1.67 bits per heavy atom. The van der Waals surface area contributed by atoms with E-state index in [1.807, 2.05) is 6.92 Å². The van der Waals surface area contributed by atoms with Crippen molar-refractivity contribution in [2.75, 3.05) is 16.6 Å². The van der Waals surface area contributed by atoms with Gasteiger partial charge < -0.3 is 5.32 Å². The quantitative estimate of drug-likeness (QED) is 0.645. The Hall–Kier alpha value is -2.93. The van der Waals surface area contributed by atoms with E-state index in [1.54, 1.807) is 48.5 Å². The molecule has 0 saturated heterocycles. The third-order valence-corrected chi connectivity index (χ3v) is 5.38. The molecule has 3 rings (SSSR count). The molecule has 0 amide bonds. The van der Waals surface area contributed by atoms with Crippen LogP contribution in [0.5, 0.6) is 0 Å². The SMILES string of the molecule is Cc1ccc(S(=O)(=O)Nc2ccc(NCCc3ccc(F)cc3)nc2)cc1. The largest absolute Gasteiger partial charge is 0.370 e. The van der Waals surface area contributed by atoms with Gasteiger partial charge in [-0.1, -0.05) is 29.8 Å². The molecule has 5 nitrogen and oxygen atoms in total.